The lowest BCUT2D eigenvalue weighted by Gasteiger charge is -2.33. The maximum absolute atomic E-state index is 13.0. The highest BCUT2D eigenvalue weighted by molar-refractivity contribution is 6.37. The highest BCUT2D eigenvalue weighted by atomic mass is 35.5. The Hall–Kier alpha value is -4.15. The van der Waals surface area contributed by atoms with Crippen molar-refractivity contribution >= 4 is 63.3 Å². The molecule has 0 radical (unpaired) electrons. The van der Waals surface area contributed by atoms with E-state index in [1.165, 1.54) is 0 Å². The zero-order valence-corrected chi connectivity index (χ0v) is 26.1. The van der Waals surface area contributed by atoms with E-state index >= 15 is 0 Å². The maximum atomic E-state index is 13.0. The van der Waals surface area contributed by atoms with Gasteiger partial charge in [0.1, 0.15) is 11.3 Å². The fourth-order valence-corrected chi connectivity index (χ4v) is 5.57. The first-order valence-corrected chi connectivity index (χ1v) is 15.5. The van der Waals surface area contributed by atoms with Crippen LogP contribution in [0.1, 0.15) is 56.3 Å². The van der Waals surface area contributed by atoms with Crippen LogP contribution >= 0.6 is 23.2 Å². The van der Waals surface area contributed by atoms with Crippen molar-refractivity contribution in [3.05, 3.63) is 64.4 Å². The van der Waals surface area contributed by atoms with E-state index in [9.17, 15) is 14.7 Å². The van der Waals surface area contributed by atoms with E-state index in [1.54, 1.807) is 43.6 Å². The largest absolute Gasteiger partial charge is 0.505 e. The van der Waals surface area contributed by atoms with Gasteiger partial charge in [-0.3, -0.25) is 9.78 Å². The van der Waals surface area contributed by atoms with Crippen LogP contribution in [-0.4, -0.2) is 57.7 Å². The lowest BCUT2D eigenvalue weighted by Crippen LogP contribution is -2.48. The summed E-state index contributed by atoms with van der Waals surface area (Å²) in [5.41, 5.74) is 3.81. The number of hydrogen-bond acceptors (Lipinski definition) is 9. The van der Waals surface area contributed by atoms with Crippen molar-refractivity contribution in [2.24, 2.45) is 0 Å². The molecule has 10 nitrogen and oxygen atoms in total. The average molecular weight is 638 g/mol. The molecule has 1 fully saturated rings. The Labute approximate surface area is 265 Å². The number of piperidine rings is 1. The Morgan fingerprint density at radius 2 is 1.89 bits per heavy atom. The van der Waals surface area contributed by atoms with Crippen molar-refractivity contribution in [1.29, 1.82) is 0 Å². The number of nitrogens with one attached hydrogen (secondary N) is 2. The number of ketones is 1. The van der Waals surface area contributed by atoms with E-state index in [-0.39, 0.29) is 40.1 Å². The normalized spacial score (nSPS) is 14.8. The summed E-state index contributed by atoms with van der Waals surface area (Å²) in [6, 6.07) is 10.5. The number of ether oxygens (including phenoxy) is 1. The van der Waals surface area contributed by atoms with Crippen LogP contribution in [0.5, 0.6) is 5.75 Å². The van der Waals surface area contributed by atoms with Crippen LogP contribution in [0.2, 0.25) is 10.0 Å². The van der Waals surface area contributed by atoms with Crippen molar-refractivity contribution in [3.63, 3.8) is 0 Å². The second kappa shape index (κ2) is 14.1. The number of anilines is 3. The number of pyridine rings is 3. The first-order chi connectivity index (χ1) is 21.3. The number of Topliss-reactive ketones (excluding diaryl/α,β-unsaturated/α-hetero) is 1. The van der Waals surface area contributed by atoms with Gasteiger partial charge in [0, 0.05) is 37.3 Å². The number of unbranched alkanes of at least 4 members (excludes halogenated alkanes) is 1. The summed E-state index contributed by atoms with van der Waals surface area (Å²) in [5, 5.41) is 16.5. The molecule has 5 rings (SSSR count). The summed E-state index contributed by atoms with van der Waals surface area (Å²) in [4.78, 5) is 41.2. The molecule has 12 heteroatoms. The zero-order valence-electron chi connectivity index (χ0n) is 24.6. The van der Waals surface area contributed by atoms with Gasteiger partial charge in [-0.2, -0.15) is 0 Å². The number of carbonyl (C=O) groups excluding carboxylic acids is 2. The van der Waals surface area contributed by atoms with Gasteiger partial charge in [-0.1, -0.05) is 43.5 Å². The number of halogens is 2. The minimum atomic E-state index is -0.381. The Bertz CT molecular complexity index is 1640. The summed E-state index contributed by atoms with van der Waals surface area (Å²) < 4.78 is 5.26. The molecule has 3 N–H and O–H groups in total. The van der Waals surface area contributed by atoms with Crippen molar-refractivity contribution in [2.75, 3.05) is 29.9 Å². The number of aromatic nitrogens is 3. The number of amides is 1. The van der Waals surface area contributed by atoms with Crippen molar-refractivity contribution in [2.45, 2.75) is 52.0 Å². The number of carbonyl (C=O) groups is 2. The summed E-state index contributed by atoms with van der Waals surface area (Å²) >= 11 is 12.3. The number of phenolic OH excluding ortho intramolecular Hbond substituents is 1. The minimum absolute atomic E-state index is 0.0260. The predicted octanol–water partition coefficient (Wildman–Crippen LogP) is 7.54. The van der Waals surface area contributed by atoms with Gasteiger partial charge < -0.3 is 25.4 Å². The van der Waals surface area contributed by atoms with E-state index in [2.05, 4.69) is 32.4 Å². The average Bonchev–Trinajstić information content (AvgIpc) is 3.03. The summed E-state index contributed by atoms with van der Waals surface area (Å²) in [6.45, 7) is 5.72. The summed E-state index contributed by atoms with van der Waals surface area (Å²) in [7, 11) is 0. The fourth-order valence-electron chi connectivity index (χ4n) is 5.08. The molecular weight excluding hydrogens is 603 g/mol. The number of aromatic hydroxyl groups is 1. The van der Waals surface area contributed by atoms with Crippen molar-refractivity contribution < 1.29 is 19.4 Å². The summed E-state index contributed by atoms with van der Waals surface area (Å²) in [6.07, 6.45) is 6.78. The van der Waals surface area contributed by atoms with Crippen molar-refractivity contribution in [1.82, 2.24) is 20.3 Å². The quantitative estimate of drug-likeness (QED) is 0.119. The Morgan fingerprint density at radius 3 is 2.59 bits per heavy atom. The van der Waals surface area contributed by atoms with Gasteiger partial charge in [0.2, 0.25) is 0 Å². The monoisotopic (exact) mass is 636 g/mol. The van der Waals surface area contributed by atoms with E-state index in [1.807, 2.05) is 12.1 Å². The fraction of sp³-hybridized carbons (Fsp3) is 0.344. The number of hydrogen-bond donors (Lipinski definition) is 3. The zero-order chi connectivity index (χ0) is 31.2. The molecule has 1 aliphatic heterocycles. The molecule has 3 aromatic heterocycles. The molecule has 4 heterocycles. The van der Waals surface area contributed by atoms with Gasteiger partial charge in [-0.25, -0.2) is 14.8 Å². The highest BCUT2D eigenvalue weighted by Crippen LogP contribution is 2.37. The van der Waals surface area contributed by atoms with Crippen LogP contribution in [0.4, 0.5) is 22.0 Å². The van der Waals surface area contributed by atoms with Crippen LogP contribution in [0.25, 0.3) is 22.3 Å². The number of rotatable bonds is 10. The van der Waals surface area contributed by atoms with Gasteiger partial charge in [-0.05, 0) is 55.7 Å². The molecule has 1 atom stereocenters. The molecule has 0 unspecified atom stereocenters. The van der Waals surface area contributed by atoms with Gasteiger partial charge in [0.15, 0.2) is 11.5 Å². The van der Waals surface area contributed by atoms with E-state index in [0.29, 0.717) is 52.4 Å². The number of fused-ring (bicyclic) bond motifs is 1. The molecular formula is C32H34Cl2N6O4. The number of phenols is 1. The third-order valence-corrected chi connectivity index (χ3v) is 8.04. The molecule has 230 valence electrons. The minimum Gasteiger partial charge on any atom is -0.505 e. The number of nitrogens with zero attached hydrogens (tertiary/aromatic N) is 4. The molecule has 0 aliphatic carbocycles. The van der Waals surface area contributed by atoms with Gasteiger partial charge in [-0.15, -0.1) is 0 Å². The Kier molecular flexibility index (Phi) is 10.0. The van der Waals surface area contributed by atoms with Crippen LogP contribution in [-0.2, 0) is 4.74 Å². The molecule has 0 saturated carbocycles. The number of alkyl carbamates (subject to hydrolysis) is 1. The lowest BCUT2D eigenvalue weighted by molar-refractivity contribution is 0.0988. The molecule has 4 aromatic rings. The second-order valence-electron chi connectivity index (χ2n) is 10.6. The Morgan fingerprint density at radius 1 is 1.09 bits per heavy atom. The molecule has 1 aliphatic rings. The van der Waals surface area contributed by atoms with Crippen LogP contribution in [0.3, 0.4) is 0 Å². The molecule has 1 saturated heterocycles. The smallest absolute Gasteiger partial charge is 0.407 e. The van der Waals surface area contributed by atoms with Gasteiger partial charge in [0.05, 0.1) is 51.0 Å². The van der Waals surface area contributed by atoms with E-state index in [0.717, 1.165) is 38.0 Å². The maximum Gasteiger partial charge on any atom is 0.407 e. The van der Waals surface area contributed by atoms with Gasteiger partial charge in [0.25, 0.3) is 0 Å². The first-order valence-electron chi connectivity index (χ1n) is 14.7. The summed E-state index contributed by atoms with van der Waals surface area (Å²) in [5.74, 6) is 0.497. The van der Waals surface area contributed by atoms with Crippen molar-refractivity contribution in [3.8, 4) is 17.0 Å². The van der Waals surface area contributed by atoms with E-state index < -0.39 is 0 Å². The third-order valence-electron chi connectivity index (χ3n) is 7.46. The molecule has 0 bridgehead atoms. The Balaban J connectivity index is 1.39. The molecule has 44 heavy (non-hydrogen) atoms. The standard InChI is InChI=1S/C32H34Cl2N6O4/c1-3-5-13-44-32(43)38-21-7-6-12-40(18-21)28-11-8-20(16-36-28)37-29-22(27(41)4-2)17-35-26-10-9-25(39-30(26)29)19-14-23(33)31(42)24(34)15-19/h8-11,14-17,21,42H,3-7,12-13,18H2,1-2H3,(H,35,37)(H,38,43)/t21-/m1/s1. The van der Waals surface area contributed by atoms with E-state index in [4.69, 9.17) is 32.9 Å². The first kappa shape index (κ1) is 31.3. The van der Waals surface area contributed by atoms with Gasteiger partial charge >= 0.3 is 6.09 Å². The van der Waals surface area contributed by atoms with Crippen LogP contribution in [0, 0.1) is 0 Å². The third kappa shape index (κ3) is 7.14. The molecule has 1 aromatic carbocycles. The van der Waals surface area contributed by atoms with Crippen LogP contribution < -0.4 is 15.5 Å². The lowest BCUT2D eigenvalue weighted by atomic mass is 10.1. The highest BCUT2D eigenvalue weighted by Gasteiger charge is 2.23. The van der Waals surface area contributed by atoms with Crippen LogP contribution in [0.15, 0.2) is 48.8 Å². The molecule has 1 amide bonds. The number of benzene rings is 1. The second-order valence-corrected chi connectivity index (χ2v) is 11.4. The molecule has 0 spiro atoms. The topological polar surface area (TPSA) is 130 Å². The SMILES string of the molecule is CCCCOC(=O)N[C@@H]1CCCN(c2ccc(Nc3c(C(=O)CC)cnc4ccc(-c5cc(Cl)c(O)c(Cl)c5)nc34)cn2)C1. The predicted molar refractivity (Wildman–Crippen MR) is 173 cm³/mol.